The lowest BCUT2D eigenvalue weighted by Crippen LogP contribution is -2.20. The Morgan fingerprint density at radius 3 is 2.84 bits per heavy atom. The van der Waals surface area contributed by atoms with Gasteiger partial charge in [-0.25, -0.2) is 9.18 Å². The van der Waals surface area contributed by atoms with Crippen LogP contribution in [0.4, 0.5) is 13.6 Å². The van der Waals surface area contributed by atoms with Crippen LogP contribution in [0.5, 0.6) is 11.5 Å². The summed E-state index contributed by atoms with van der Waals surface area (Å²) in [6.45, 7) is 1.67. The van der Waals surface area contributed by atoms with Gasteiger partial charge in [0.05, 0.1) is 23.9 Å². The zero-order valence-electron chi connectivity index (χ0n) is 13.2. The van der Waals surface area contributed by atoms with E-state index in [4.69, 9.17) is 9.47 Å². The average Bonchev–Trinajstić information content (AvgIpc) is 3.41. The fourth-order valence-electron chi connectivity index (χ4n) is 2.85. The summed E-state index contributed by atoms with van der Waals surface area (Å²) in [7, 11) is 0. The second-order valence-corrected chi connectivity index (χ2v) is 5.81. The highest BCUT2D eigenvalue weighted by Gasteiger charge is 2.33. The van der Waals surface area contributed by atoms with Crippen molar-refractivity contribution < 1.29 is 27.8 Å². The molecule has 25 heavy (non-hydrogen) atoms. The summed E-state index contributed by atoms with van der Waals surface area (Å²) in [5, 5.41) is -0.137. The third-order valence-electron chi connectivity index (χ3n) is 4.13. The number of carbonyl (C=O) groups excluding carboxylic acids is 1. The number of hydrogen-bond acceptors (Lipinski definition) is 5. The van der Waals surface area contributed by atoms with Crippen molar-refractivity contribution >= 4 is 22.8 Å². The molecular weight excluding hydrogens is 336 g/mol. The van der Waals surface area contributed by atoms with Crippen molar-refractivity contribution in [2.45, 2.75) is 19.8 Å². The van der Waals surface area contributed by atoms with Gasteiger partial charge < -0.3 is 18.8 Å². The lowest BCUT2D eigenvalue weighted by Gasteiger charge is -2.22. The molecule has 2 aromatic rings. The highest BCUT2D eigenvalue weighted by Crippen LogP contribution is 2.44. The van der Waals surface area contributed by atoms with E-state index in [0.717, 1.165) is 18.9 Å². The highest BCUT2D eigenvalue weighted by molar-refractivity contribution is 5.90. The van der Waals surface area contributed by atoms with Crippen LogP contribution >= 0.6 is 0 Å². The molecule has 4 rings (SSSR count). The summed E-state index contributed by atoms with van der Waals surface area (Å²) >= 11 is 0. The van der Waals surface area contributed by atoms with E-state index in [0.29, 0.717) is 5.70 Å². The Kier molecular flexibility index (Phi) is 3.48. The van der Waals surface area contributed by atoms with Gasteiger partial charge in [-0.1, -0.05) is 0 Å². The van der Waals surface area contributed by atoms with Crippen LogP contribution in [-0.2, 0) is 4.74 Å². The normalized spacial score (nSPS) is 15.6. The number of pyridine rings is 1. The molecule has 1 aromatic heterocycles. The highest BCUT2D eigenvalue weighted by atomic mass is 19.2. The zero-order valence-corrected chi connectivity index (χ0v) is 13.2. The van der Waals surface area contributed by atoms with Gasteiger partial charge in [0.1, 0.15) is 11.8 Å². The van der Waals surface area contributed by atoms with E-state index >= 15 is 0 Å². The molecular formula is C17H13F2NO5. The molecule has 1 aromatic carbocycles. The Bertz CT molecular complexity index is 991. The predicted molar refractivity (Wildman–Crippen MR) is 83.4 cm³/mol. The Labute approximate surface area is 140 Å². The molecule has 0 radical (unpaired) electrons. The van der Waals surface area contributed by atoms with E-state index in [1.54, 1.807) is 6.92 Å². The van der Waals surface area contributed by atoms with Crippen LogP contribution in [0.2, 0.25) is 0 Å². The molecule has 0 N–H and O–H groups in total. The largest absolute Gasteiger partial charge is 0.514 e. The summed E-state index contributed by atoms with van der Waals surface area (Å²) < 4.78 is 44.3. The molecule has 1 aliphatic carbocycles. The molecule has 0 atom stereocenters. The van der Waals surface area contributed by atoms with Gasteiger partial charge in [-0.3, -0.25) is 4.79 Å². The van der Waals surface area contributed by atoms with Crippen LogP contribution in [0.3, 0.4) is 0 Å². The van der Waals surface area contributed by atoms with Crippen molar-refractivity contribution in [3.8, 4) is 11.5 Å². The molecule has 6 nitrogen and oxygen atoms in total. The molecule has 0 spiro atoms. The molecule has 1 fully saturated rings. The van der Waals surface area contributed by atoms with E-state index in [1.165, 1.54) is 17.0 Å². The summed E-state index contributed by atoms with van der Waals surface area (Å²) in [5.41, 5.74) is 0.0572. The summed E-state index contributed by atoms with van der Waals surface area (Å²) in [4.78, 5) is 24.1. The van der Waals surface area contributed by atoms with Gasteiger partial charge in [0, 0.05) is 5.92 Å². The Balaban J connectivity index is 1.97. The van der Waals surface area contributed by atoms with E-state index < -0.39 is 23.2 Å². The Hall–Kier alpha value is -2.90. The minimum Gasteiger partial charge on any atom is -0.458 e. The average molecular weight is 349 g/mol. The van der Waals surface area contributed by atoms with Crippen molar-refractivity contribution in [2.75, 3.05) is 6.61 Å². The predicted octanol–water partition coefficient (Wildman–Crippen LogP) is 3.42. The standard InChI is InChI=1S/C17H13F2NO5/c1-2-23-17(22)25-12-6-20-11(8-3-4-8)7-24-16-13(19)10(18)5-9(14(16)20)15(12)21/h5-8H,2-4H2,1H3. The van der Waals surface area contributed by atoms with Crippen LogP contribution in [0, 0.1) is 17.6 Å². The van der Waals surface area contributed by atoms with Crippen LogP contribution in [0.1, 0.15) is 19.8 Å². The molecule has 1 saturated carbocycles. The molecule has 2 aliphatic rings. The van der Waals surface area contributed by atoms with Gasteiger partial charge in [-0.05, 0) is 25.8 Å². The third-order valence-corrected chi connectivity index (χ3v) is 4.13. The van der Waals surface area contributed by atoms with E-state index in [-0.39, 0.29) is 34.9 Å². The minimum absolute atomic E-state index is 0.0751. The van der Waals surface area contributed by atoms with E-state index in [9.17, 15) is 18.4 Å². The number of hydrogen-bond donors (Lipinski definition) is 0. The van der Waals surface area contributed by atoms with Crippen LogP contribution in [0.15, 0.2) is 23.3 Å². The molecule has 130 valence electrons. The SMILES string of the molecule is CCOC(=O)Oc1cn2c3c(c(F)c(F)cc3c1=O)OC=C2C1CC1. The zero-order chi connectivity index (χ0) is 17.7. The number of aromatic nitrogens is 1. The second-order valence-electron chi connectivity index (χ2n) is 5.81. The Morgan fingerprint density at radius 2 is 2.16 bits per heavy atom. The Morgan fingerprint density at radius 1 is 1.40 bits per heavy atom. The minimum atomic E-state index is -1.22. The summed E-state index contributed by atoms with van der Waals surface area (Å²) in [6, 6.07) is 0.782. The van der Waals surface area contributed by atoms with E-state index in [1.807, 2.05) is 0 Å². The van der Waals surface area contributed by atoms with E-state index in [2.05, 4.69) is 4.74 Å². The number of carbonyl (C=O) groups is 1. The first-order valence-electron chi connectivity index (χ1n) is 7.80. The van der Waals surface area contributed by atoms with Crippen molar-refractivity contribution in [1.29, 1.82) is 0 Å². The van der Waals surface area contributed by atoms with Crippen molar-refractivity contribution in [3.05, 3.63) is 40.4 Å². The maximum absolute atomic E-state index is 14.1. The number of ether oxygens (including phenoxy) is 3. The van der Waals surface area contributed by atoms with Crippen LogP contribution < -0.4 is 14.9 Å². The number of halogens is 2. The van der Waals surface area contributed by atoms with Gasteiger partial charge in [-0.15, -0.1) is 0 Å². The van der Waals surface area contributed by atoms with Crippen molar-refractivity contribution in [1.82, 2.24) is 4.57 Å². The second kappa shape index (κ2) is 5.58. The molecule has 1 aliphatic heterocycles. The smallest absolute Gasteiger partial charge is 0.458 e. The van der Waals surface area contributed by atoms with Gasteiger partial charge in [0.25, 0.3) is 0 Å². The van der Waals surface area contributed by atoms with Crippen molar-refractivity contribution in [3.63, 3.8) is 0 Å². The summed E-state index contributed by atoms with van der Waals surface area (Å²) in [5.74, 6) is -2.90. The molecule has 0 unspecified atom stereocenters. The van der Waals surface area contributed by atoms with Gasteiger partial charge >= 0.3 is 6.16 Å². The van der Waals surface area contributed by atoms with Crippen molar-refractivity contribution in [2.24, 2.45) is 5.92 Å². The topological polar surface area (TPSA) is 66.8 Å². The van der Waals surface area contributed by atoms with Crippen LogP contribution in [-0.4, -0.2) is 17.3 Å². The van der Waals surface area contributed by atoms with Gasteiger partial charge in [-0.2, -0.15) is 4.39 Å². The third kappa shape index (κ3) is 2.45. The molecule has 0 bridgehead atoms. The lowest BCUT2D eigenvalue weighted by molar-refractivity contribution is 0.104. The first-order valence-corrected chi connectivity index (χ1v) is 7.80. The molecule has 0 amide bonds. The fourth-order valence-corrected chi connectivity index (χ4v) is 2.85. The molecule has 2 heterocycles. The number of rotatable bonds is 3. The first kappa shape index (κ1) is 15.6. The van der Waals surface area contributed by atoms with Crippen LogP contribution in [0.25, 0.3) is 16.6 Å². The fraction of sp³-hybridized carbons (Fsp3) is 0.294. The maximum atomic E-state index is 14.1. The number of allylic oxidation sites excluding steroid dienone is 1. The molecule has 0 saturated heterocycles. The number of benzene rings is 1. The van der Waals surface area contributed by atoms with Gasteiger partial charge in [0.15, 0.2) is 17.3 Å². The first-order chi connectivity index (χ1) is 12.0. The molecule has 8 heteroatoms. The maximum Gasteiger partial charge on any atom is 0.514 e. The van der Waals surface area contributed by atoms with Gasteiger partial charge in [0.2, 0.25) is 11.2 Å². The lowest BCUT2D eigenvalue weighted by atomic mass is 10.1. The number of nitrogens with zero attached hydrogens (tertiary/aromatic N) is 1. The quantitative estimate of drug-likeness (QED) is 0.795. The monoisotopic (exact) mass is 349 g/mol. The summed E-state index contributed by atoms with van der Waals surface area (Å²) in [6.07, 6.45) is 3.40.